The maximum atomic E-state index is 13.4. The number of imidazole rings is 1. The predicted octanol–water partition coefficient (Wildman–Crippen LogP) is 7.64. The zero-order valence-corrected chi connectivity index (χ0v) is 37.1. The zero-order chi connectivity index (χ0) is 44.2. The Morgan fingerprint density at radius 2 is 1.58 bits per heavy atom. The van der Waals surface area contributed by atoms with Crippen LogP contribution < -0.4 is 20.3 Å². The molecule has 15 nitrogen and oxygen atoms in total. The van der Waals surface area contributed by atoms with E-state index in [2.05, 4.69) is 44.2 Å². The topological polar surface area (TPSA) is 161 Å². The van der Waals surface area contributed by atoms with E-state index in [1.807, 2.05) is 91.9 Å². The number of ether oxygens (including phenoxy) is 5. The van der Waals surface area contributed by atoms with Crippen LogP contribution in [0.5, 0.6) is 11.5 Å². The van der Waals surface area contributed by atoms with Crippen molar-refractivity contribution in [3.8, 4) is 11.5 Å². The number of amides is 1. The average molecular weight is 887 g/mol. The first kappa shape index (κ1) is 42.4. The molecule has 4 aliphatic rings. The zero-order valence-electron chi connectivity index (χ0n) is 36.2. The third kappa shape index (κ3) is 7.19. The standard InChI is InChI=1S/C48H51N6O9P/c1-29(2)43(55)51-46-50-42-38(44(56)52-46)49-28-53(42)45-40-41(63-64-54-26-12-17-37(54)39(62-64)31-13-8-6-9-14-31)47(61-45,30(3)60-40)27-59-48(32-15-10-7-11-16-32,33-18-22-35(57-4)23-19-33)34-20-24-36(58-5)25-21-34/h6-11,13-16,18-25,28-30,37,39-41,45H,12,17,26-27H2,1-5H3,(H2,50,51,52,55,56)/t30-,37-,39+,40-,41?,45+,47-,64-/m0/s1. The quantitative estimate of drug-likeness (QED) is 0.0814. The van der Waals surface area contributed by atoms with Gasteiger partial charge >= 0.3 is 0 Å². The lowest BCUT2D eigenvalue weighted by molar-refractivity contribution is -0.229. The number of nitrogens with zero attached hydrogens (tertiary/aromatic N) is 4. The summed E-state index contributed by atoms with van der Waals surface area (Å²) in [5.74, 6) is 0.769. The third-order valence-corrected chi connectivity index (χ3v) is 14.7. The van der Waals surface area contributed by atoms with Crippen LogP contribution in [0.25, 0.3) is 11.2 Å². The van der Waals surface area contributed by atoms with Gasteiger partial charge in [0.1, 0.15) is 41.0 Å². The Morgan fingerprint density at radius 1 is 0.938 bits per heavy atom. The van der Waals surface area contributed by atoms with E-state index in [-0.39, 0.29) is 47.7 Å². The lowest BCUT2D eigenvalue weighted by Crippen LogP contribution is -2.52. The van der Waals surface area contributed by atoms with Crippen LogP contribution in [-0.2, 0) is 33.7 Å². The van der Waals surface area contributed by atoms with Crippen LogP contribution in [0.3, 0.4) is 0 Å². The molecule has 10 rings (SSSR count). The van der Waals surface area contributed by atoms with Crippen molar-refractivity contribution in [2.24, 2.45) is 5.92 Å². The number of methoxy groups -OCH3 is 2. The van der Waals surface area contributed by atoms with Gasteiger partial charge in [-0.15, -0.1) is 0 Å². The van der Waals surface area contributed by atoms with E-state index < -0.39 is 49.8 Å². The van der Waals surface area contributed by atoms with E-state index in [0.717, 1.165) is 41.6 Å². The average Bonchev–Trinajstić information content (AvgIpc) is 4.15. The van der Waals surface area contributed by atoms with Gasteiger partial charge in [0.2, 0.25) is 11.9 Å². The Morgan fingerprint density at radius 3 is 2.22 bits per heavy atom. The number of aromatic nitrogens is 4. The van der Waals surface area contributed by atoms with Gasteiger partial charge in [-0.3, -0.25) is 24.5 Å². The maximum Gasteiger partial charge on any atom is 0.280 e. The molecule has 2 bridgehead atoms. The van der Waals surface area contributed by atoms with Gasteiger partial charge in [0.25, 0.3) is 14.1 Å². The Hall–Kier alpha value is -5.51. The van der Waals surface area contributed by atoms with Gasteiger partial charge in [-0.1, -0.05) is 98.8 Å². The summed E-state index contributed by atoms with van der Waals surface area (Å²) < 4.78 is 51.4. The highest BCUT2D eigenvalue weighted by atomic mass is 31.2. The summed E-state index contributed by atoms with van der Waals surface area (Å²) in [6.07, 6.45) is 0.500. The van der Waals surface area contributed by atoms with E-state index >= 15 is 0 Å². The Kier molecular flexibility index (Phi) is 11.4. The van der Waals surface area contributed by atoms with Gasteiger partial charge < -0.3 is 32.7 Å². The molecule has 332 valence electrons. The van der Waals surface area contributed by atoms with Crippen LogP contribution >= 0.6 is 8.53 Å². The minimum absolute atomic E-state index is 0.00251. The molecule has 6 heterocycles. The summed E-state index contributed by atoms with van der Waals surface area (Å²) in [5.41, 5.74) is 1.05. The van der Waals surface area contributed by atoms with Crippen LogP contribution in [-0.4, -0.2) is 87.4 Å². The molecule has 8 atom stereocenters. The molecule has 4 saturated heterocycles. The molecule has 6 aromatic rings. The molecule has 4 aromatic carbocycles. The summed E-state index contributed by atoms with van der Waals surface area (Å²) in [7, 11) is 1.69. The molecule has 0 radical (unpaired) electrons. The fraction of sp³-hybridized carbons (Fsp3) is 0.375. The van der Waals surface area contributed by atoms with Crippen molar-refractivity contribution in [3.05, 3.63) is 148 Å². The number of hydrogen-bond acceptors (Lipinski definition) is 12. The van der Waals surface area contributed by atoms with Crippen molar-refractivity contribution >= 4 is 31.5 Å². The molecule has 4 aliphatic heterocycles. The van der Waals surface area contributed by atoms with Gasteiger partial charge in [-0.05, 0) is 66.3 Å². The molecular weight excluding hydrogens is 836 g/mol. The highest BCUT2D eigenvalue weighted by Crippen LogP contribution is 2.64. The number of carbonyl (C=O) groups is 1. The number of aromatic amines is 1. The first-order valence-corrected chi connectivity index (χ1v) is 22.8. The number of hydrogen-bond donors (Lipinski definition) is 2. The monoisotopic (exact) mass is 886 g/mol. The Labute approximate surface area is 371 Å². The minimum atomic E-state index is -1.60. The first-order chi connectivity index (χ1) is 31.1. The second-order valence-corrected chi connectivity index (χ2v) is 18.4. The smallest absolute Gasteiger partial charge is 0.280 e. The Balaban J connectivity index is 1.09. The number of benzene rings is 4. The van der Waals surface area contributed by atoms with E-state index in [1.165, 1.54) is 6.33 Å². The fourth-order valence-electron chi connectivity index (χ4n) is 9.55. The van der Waals surface area contributed by atoms with Gasteiger partial charge in [0, 0.05) is 18.5 Å². The lowest BCUT2D eigenvalue weighted by Gasteiger charge is -2.42. The summed E-state index contributed by atoms with van der Waals surface area (Å²) in [6.45, 7) is 6.32. The van der Waals surface area contributed by atoms with Gasteiger partial charge in [0.15, 0.2) is 17.4 Å². The van der Waals surface area contributed by atoms with Crippen LogP contribution in [0.15, 0.2) is 120 Å². The Bertz CT molecular complexity index is 2620. The second kappa shape index (κ2) is 17.1. The fourth-order valence-corrected chi connectivity index (χ4v) is 11.6. The van der Waals surface area contributed by atoms with Crippen molar-refractivity contribution in [1.29, 1.82) is 0 Å². The van der Waals surface area contributed by atoms with Gasteiger partial charge in [-0.25, -0.2) is 9.65 Å². The van der Waals surface area contributed by atoms with Crippen LogP contribution in [0.2, 0.25) is 0 Å². The largest absolute Gasteiger partial charge is 0.497 e. The summed E-state index contributed by atoms with van der Waals surface area (Å²) >= 11 is 0. The third-order valence-electron chi connectivity index (χ3n) is 13.0. The van der Waals surface area contributed by atoms with Crippen molar-refractivity contribution in [2.45, 2.75) is 81.5 Å². The van der Waals surface area contributed by atoms with E-state index in [4.69, 9.17) is 37.7 Å². The summed E-state index contributed by atoms with van der Waals surface area (Å²) in [6, 6.07) is 36.3. The summed E-state index contributed by atoms with van der Waals surface area (Å²) in [5, 5.41) is 2.73. The van der Waals surface area contributed by atoms with Gasteiger partial charge in [0.05, 0.1) is 33.3 Å². The van der Waals surface area contributed by atoms with Crippen LogP contribution in [0.4, 0.5) is 5.95 Å². The van der Waals surface area contributed by atoms with Crippen LogP contribution in [0, 0.1) is 5.92 Å². The van der Waals surface area contributed by atoms with Crippen LogP contribution in [0.1, 0.15) is 68.2 Å². The minimum Gasteiger partial charge on any atom is -0.497 e. The number of anilines is 1. The molecule has 1 amide bonds. The number of rotatable bonds is 14. The first-order valence-electron chi connectivity index (χ1n) is 21.7. The molecule has 0 spiro atoms. The molecule has 64 heavy (non-hydrogen) atoms. The van der Waals surface area contributed by atoms with Crippen molar-refractivity contribution in [1.82, 2.24) is 24.2 Å². The van der Waals surface area contributed by atoms with Crippen molar-refractivity contribution < 1.29 is 37.5 Å². The van der Waals surface area contributed by atoms with Crippen molar-refractivity contribution in [2.75, 3.05) is 32.7 Å². The number of carbonyl (C=O) groups excluding carboxylic acids is 1. The molecule has 1 unspecified atom stereocenters. The van der Waals surface area contributed by atoms with Crippen molar-refractivity contribution in [3.63, 3.8) is 0 Å². The van der Waals surface area contributed by atoms with E-state index in [9.17, 15) is 9.59 Å². The summed E-state index contributed by atoms with van der Waals surface area (Å²) in [4.78, 5) is 38.0. The predicted molar refractivity (Wildman–Crippen MR) is 239 cm³/mol. The lowest BCUT2D eigenvalue weighted by atomic mass is 9.79. The molecule has 0 aliphatic carbocycles. The number of nitrogens with one attached hydrogen (secondary N) is 2. The molecule has 16 heteroatoms. The highest BCUT2D eigenvalue weighted by Gasteiger charge is 2.69. The SMILES string of the molecule is COc1ccc(C(OC[C@]23O[C@@H](n4cnc5c(=O)[nH]c(NC(=O)C(C)C)nc54)[C@@H](O[C@H]2C)C3O[P@]2O[C@H](c3ccccc3)[C@@H]3CCCN32)(c2ccccc2)c2ccc(OC)cc2)cc1. The molecule has 0 saturated carbocycles. The molecule has 4 fully saturated rings. The highest BCUT2D eigenvalue weighted by molar-refractivity contribution is 7.45. The number of fused-ring (bicyclic) bond motifs is 4. The molecular formula is C48H51N6O9P. The second-order valence-electron chi connectivity index (χ2n) is 17.0. The van der Waals surface area contributed by atoms with E-state index in [1.54, 1.807) is 32.6 Å². The molecule has 2 aromatic heterocycles. The van der Waals surface area contributed by atoms with E-state index in [0.29, 0.717) is 11.5 Å². The number of H-pyrrole nitrogens is 1. The van der Waals surface area contributed by atoms with Gasteiger partial charge in [-0.2, -0.15) is 4.98 Å². The normalized spacial score (nSPS) is 26.4. The maximum absolute atomic E-state index is 13.4. The molecule has 2 N–H and O–H groups in total.